The molecule has 0 saturated carbocycles. The third-order valence-electron chi connectivity index (χ3n) is 1.92. The zero-order valence-corrected chi connectivity index (χ0v) is 10.9. The molecule has 0 aromatic carbocycles. The Morgan fingerprint density at radius 1 is 1.41 bits per heavy atom. The molecule has 1 heterocycles. The summed E-state index contributed by atoms with van der Waals surface area (Å²) in [4.78, 5) is 17.5. The summed E-state index contributed by atoms with van der Waals surface area (Å²) in [5, 5.41) is 2.71. The maximum atomic E-state index is 11.6. The van der Waals surface area contributed by atoms with Crippen molar-refractivity contribution >= 4 is 17.5 Å². The number of rotatable bonds is 2. The zero-order chi connectivity index (χ0) is 13.1. The van der Waals surface area contributed by atoms with E-state index >= 15 is 0 Å². The normalized spacial score (nSPS) is 10.9. The Kier molecular flexibility index (Phi) is 3.93. The van der Waals surface area contributed by atoms with Crippen LogP contribution in [0.25, 0.3) is 0 Å². The Balaban J connectivity index is 2.78. The minimum absolute atomic E-state index is 0.466. The lowest BCUT2D eigenvalue weighted by Crippen LogP contribution is -2.27. The average molecular weight is 237 g/mol. The molecule has 0 radical (unpaired) electrons. The van der Waals surface area contributed by atoms with Gasteiger partial charge >= 0.3 is 6.09 Å². The van der Waals surface area contributed by atoms with Gasteiger partial charge in [0.1, 0.15) is 5.60 Å². The molecule has 1 N–H and O–H groups in total. The number of amides is 1. The van der Waals surface area contributed by atoms with Gasteiger partial charge in [-0.3, -0.25) is 10.3 Å². The lowest BCUT2D eigenvalue weighted by atomic mass is 10.2. The number of pyridine rings is 1. The molecule has 0 unspecified atom stereocenters. The fraction of sp³-hybridized carbons (Fsp3) is 0.500. The number of carbonyl (C=O) groups is 1. The number of carbonyl (C=O) groups excluding carboxylic acids is 1. The standard InChI is InChI=1S/C12H19N3O2/c1-12(2,3)17-11(16)14-9-6-7-13-8-10(9)15(4)5/h6-8H,1-5H3,(H,13,14,16). The molecular weight excluding hydrogens is 218 g/mol. The van der Waals surface area contributed by atoms with Crippen LogP contribution in [0, 0.1) is 0 Å². The lowest BCUT2D eigenvalue weighted by molar-refractivity contribution is 0.0636. The zero-order valence-electron chi connectivity index (χ0n) is 10.9. The molecule has 0 spiro atoms. The van der Waals surface area contributed by atoms with Gasteiger partial charge in [-0.15, -0.1) is 0 Å². The number of nitrogens with one attached hydrogen (secondary N) is 1. The molecule has 0 saturated heterocycles. The largest absolute Gasteiger partial charge is 0.444 e. The Bertz CT molecular complexity index is 397. The molecule has 1 amide bonds. The van der Waals surface area contributed by atoms with E-state index in [-0.39, 0.29) is 0 Å². The Morgan fingerprint density at radius 3 is 2.59 bits per heavy atom. The first-order valence-electron chi connectivity index (χ1n) is 5.41. The van der Waals surface area contributed by atoms with E-state index in [0.717, 1.165) is 5.69 Å². The first kappa shape index (κ1) is 13.3. The summed E-state index contributed by atoms with van der Waals surface area (Å²) in [6.07, 6.45) is 2.85. The SMILES string of the molecule is CN(C)c1cnccc1NC(=O)OC(C)(C)C. The van der Waals surface area contributed by atoms with Gasteiger partial charge in [-0.05, 0) is 26.8 Å². The maximum Gasteiger partial charge on any atom is 0.412 e. The van der Waals surface area contributed by atoms with Crippen molar-refractivity contribution in [3.8, 4) is 0 Å². The van der Waals surface area contributed by atoms with Gasteiger partial charge in [-0.25, -0.2) is 4.79 Å². The Labute approximate surface area is 102 Å². The van der Waals surface area contributed by atoms with Gasteiger partial charge in [0.2, 0.25) is 0 Å². The number of anilines is 2. The molecule has 0 aliphatic rings. The van der Waals surface area contributed by atoms with Crippen molar-refractivity contribution in [1.29, 1.82) is 0 Å². The highest BCUT2D eigenvalue weighted by Crippen LogP contribution is 2.22. The fourth-order valence-electron chi connectivity index (χ4n) is 1.26. The summed E-state index contributed by atoms with van der Waals surface area (Å²) in [6.45, 7) is 5.48. The molecule has 0 fully saturated rings. The molecule has 1 rings (SSSR count). The second-order valence-electron chi connectivity index (χ2n) is 4.91. The molecular formula is C12H19N3O2. The highest BCUT2D eigenvalue weighted by Gasteiger charge is 2.17. The molecule has 5 heteroatoms. The van der Waals surface area contributed by atoms with Crippen LogP contribution in [-0.4, -0.2) is 30.8 Å². The highest BCUT2D eigenvalue weighted by molar-refractivity contribution is 5.89. The number of hydrogen-bond donors (Lipinski definition) is 1. The van der Waals surface area contributed by atoms with Crippen molar-refractivity contribution in [1.82, 2.24) is 4.98 Å². The molecule has 1 aromatic rings. The van der Waals surface area contributed by atoms with E-state index in [0.29, 0.717) is 5.69 Å². The highest BCUT2D eigenvalue weighted by atomic mass is 16.6. The lowest BCUT2D eigenvalue weighted by Gasteiger charge is -2.21. The van der Waals surface area contributed by atoms with E-state index in [1.165, 1.54) is 0 Å². The summed E-state index contributed by atoms with van der Waals surface area (Å²) in [6, 6.07) is 1.74. The molecule has 5 nitrogen and oxygen atoms in total. The molecule has 0 bridgehead atoms. The molecule has 1 aromatic heterocycles. The third kappa shape index (κ3) is 4.30. The summed E-state index contributed by atoms with van der Waals surface area (Å²) >= 11 is 0. The summed E-state index contributed by atoms with van der Waals surface area (Å²) < 4.78 is 5.19. The van der Waals surface area contributed by atoms with Crippen LogP contribution in [0.3, 0.4) is 0 Å². The van der Waals surface area contributed by atoms with Crippen LogP contribution in [0.15, 0.2) is 18.5 Å². The van der Waals surface area contributed by atoms with Gasteiger partial charge in [0.25, 0.3) is 0 Å². The van der Waals surface area contributed by atoms with E-state index in [4.69, 9.17) is 4.74 Å². The van der Waals surface area contributed by atoms with Crippen LogP contribution in [-0.2, 0) is 4.74 Å². The van der Waals surface area contributed by atoms with Crippen molar-refractivity contribution in [2.24, 2.45) is 0 Å². The summed E-state index contributed by atoms with van der Waals surface area (Å²) in [7, 11) is 3.77. The van der Waals surface area contributed by atoms with Crippen molar-refractivity contribution < 1.29 is 9.53 Å². The van der Waals surface area contributed by atoms with Crippen LogP contribution in [0.1, 0.15) is 20.8 Å². The molecule has 0 aliphatic heterocycles. The number of ether oxygens (including phenoxy) is 1. The van der Waals surface area contributed by atoms with Crippen LogP contribution in [0.5, 0.6) is 0 Å². The van der Waals surface area contributed by atoms with Crippen molar-refractivity contribution in [2.45, 2.75) is 26.4 Å². The van der Waals surface area contributed by atoms with Crippen molar-refractivity contribution in [3.63, 3.8) is 0 Å². The molecule has 0 aliphatic carbocycles. The minimum atomic E-state index is -0.505. The minimum Gasteiger partial charge on any atom is -0.444 e. The quantitative estimate of drug-likeness (QED) is 0.858. The van der Waals surface area contributed by atoms with E-state index in [1.54, 1.807) is 18.5 Å². The summed E-state index contributed by atoms with van der Waals surface area (Å²) in [5.74, 6) is 0. The molecule has 17 heavy (non-hydrogen) atoms. The van der Waals surface area contributed by atoms with Crippen LogP contribution < -0.4 is 10.2 Å². The van der Waals surface area contributed by atoms with E-state index < -0.39 is 11.7 Å². The van der Waals surface area contributed by atoms with Crippen molar-refractivity contribution in [2.75, 3.05) is 24.3 Å². The number of nitrogens with zero attached hydrogens (tertiary/aromatic N) is 2. The molecule has 94 valence electrons. The fourth-order valence-corrected chi connectivity index (χ4v) is 1.26. The predicted octanol–water partition coefficient (Wildman–Crippen LogP) is 2.49. The topological polar surface area (TPSA) is 54.5 Å². The van der Waals surface area contributed by atoms with Gasteiger partial charge in [0.05, 0.1) is 17.6 Å². The van der Waals surface area contributed by atoms with Crippen LogP contribution in [0.4, 0.5) is 16.2 Å². The molecule has 0 atom stereocenters. The van der Waals surface area contributed by atoms with E-state index in [2.05, 4.69) is 10.3 Å². The smallest absolute Gasteiger partial charge is 0.412 e. The van der Waals surface area contributed by atoms with E-state index in [1.807, 2.05) is 39.8 Å². The first-order valence-corrected chi connectivity index (χ1v) is 5.41. The average Bonchev–Trinajstić information content (AvgIpc) is 2.14. The second kappa shape index (κ2) is 5.03. The Morgan fingerprint density at radius 2 is 2.06 bits per heavy atom. The summed E-state index contributed by atoms with van der Waals surface area (Å²) in [5.41, 5.74) is 1.01. The maximum absolute atomic E-state index is 11.6. The van der Waals surface area contributed by atoms with Gasteiger partial charge < -0.3 is 9.64 Å². The van der Waals surface area contributed by atoms with Crippen molar-refractivity contribution in [3.05, 3.63) is 18.5 Å². The second-order valence-corrected chi connectivity index (χ2v) is 4.91. The monoisotopic (exact) mass is 237 g/mol. The van der Waals surface area contributed by atoms with Crippen LogP contribution in [0.2, 0.25) is 0 Å². The van der Waals surface area contributed by atoms with Gasteiger partial charge in [-0.2, -0.15) is 0 Å². The van der Waals surface area contributed by atoms with Gasteiger partial charge in [0, 0.05) is 20.3 Å². The first-order chi connectivity index (χ1) is 7.79. The van der Waals surface area contributed by atoms with E-state index in [9.17, 15) is 4.79 Å². The van der Waals surface area contributed by atoms with Gasteiger partial charge in [0.15, 0.2) is 0 Å². The number of aromatic nitrogens is 1. The Hall–Kier alpha value is -1.78. The number of hydrogen-bond acceptors (Lipinski definition) is 4. The van der Waals surface area contributed by atoms with Gasteiger partial charge in [-0.1, -0.05) is 0 Å². The predicted molar refractivity (Wildman–Crippen MR) is 68.4 cm³/mol. The third-order valence-corrected chi connectivity index (χ3v) is 1.92. The van der Waals surface area contributed by atoms with Crippen LogP contribution >= 0.6 is 0 Å².